The predicted molar refractivity (Wildman–Crippen MR) is 63.6 cm³/mol. The third-order valence-electron chi connectivity index (χ3n) is 2.49. The Morgan fingerprint density at radius 3 is 2.29 bits per heavy atom. The van der Waals surface area contributed by atoms with E-state index in [1.54, 1.807) is 0 Å². The van der Waals surface area contributed by atoms with E-state index in [-0.39, 0.29) is 23.7 Å². The summed E-state index contributed by atoms with van der Waals surface area (Å²) in [6, 6.07) is 0. The van der Waals surface area contributed by atoms with Crippen LogP contribution in [0.3, 0.4) is 0 Å². The van der Waals surface area contributed by atoms with Crippen molar-refractivity contribution >= 4 is 22.6 Å². The van der Waals surface area contributed by atoms with Crippen molar-refractivity contribution < 1.29 is 14.6 Å². The molecule has 1 heterocycles. The fourth-order valence-electron chi connectivity index (χ4n) is 1.27. The summed E-state index contributed by atoms with van der Waals surface area (Å²) in [7, 11) is 0. The number of rotatable bonds is 3. The molecule has 0 aromatic heterocycles. The van der Waals surface area contributed by atoms with Gasteiger partial charge < -0.3 is 14.6 Å². The Morgan fingerprint density at radius 1 is 1.43 bits per heavy atom. The van der Waals surface area contributed by atoms with Gasteiger partial charge in [0.25, 0.3) is 0 Å². The van der Waals surface area contributed by atoms with Crippen LogP contribution >= 0.6 is 22.6 Å². The Hall–Kier alpha value is 0.610. The van der Waals surface area contributed by atoms with E-state index in [0.29, 0.717) is 13.2 Å². The maximum absolute atomic E-state index is 9.30. The molecule has 1 aliphatic heterocycles. The minimum Gasteiger partial charge on any atom is -0.396 e. The molecule has 1 saturated heterocycles. The van der Waals surface area contributed by atoms with Crippen LogP contribution < -0.4 is 0 Å². The molecule has 0 aromatic carbocycles. The van der Waals surface area contributed by atoms with Gasteiger partial charge in [-0.05, 0) is 0 Å². The zero-order valence-electron chi connectivity index (χ0n) is 9.05. The van der Waals surface area contributed by atoms with Gasteiger partial charge in [0, 0.05) is 9.84 Å². The van der Waals surface area contributed by atoms with Gasteiger partial charge >= 0.3 is 0 Å². The van der Waals surface area contributed by atoms with Crippen molar-refractivity contribution in [2.75, 3.05) is 24.2 Å². The van der Waals surface area contributed by atoms with Crippen LogP contribution in [0.5, 0.6) is 0 Å². The van der Waals surface area contributed by atoms with E-state index < -0.39 is 0 Å². The molecular weight excluding hydrogens is 295 g/mol. The zero-order chi connectivity index (χ0) is 10.8. The molecule has 84 valence electrons. The van der Waals surface area contributed by atoms with Gasteiger partial charge in [-0.25, -0.2) is 0 Å². The second-order valence-electron chi connectivity index (χ2n) is 5.06. The number of hydrogen-bond donors (Lipinski definition) is 1. The van der Waals surface area contributed by atoms with E-state index in [2.05, 4.69) is 36.4 Å². The lowest BCUT2D eigenvalue weighted by atomic mass is 9.90. The third kappa shape index (κ3) is 2.81. The molecule has 0 aromatic rings. The average molecular weight is 314 g/mol. The van der Waals surface area contributed by atoms with Crippen molar-refractivity contribution in [3.8, 4) is 0 Å². The first-order chi connectivity index (χ1) is 6.43. The Kier molecular flexibility index (Phi) is 4.20. The minimum atomic E-state index is -0.281. The highest BCUT2D eigenvalue weighted by atomic mass is 127. The van der Waals surface area contributed by atoms with E-state index in [1.165, 1.54) is 0 Å². The number of hydrogen-bond acceptors (Lipinski definition) is 3. The van der Waals surface area contributed by atoms with Crippen molar-refractivity contribution in [3.05, 3.63) is 0 Å². The topological polar surface area (TPSA) is 38.7 Å². The molecule has 0 aliphatic carbocycles. The smallest absolute Gasteiger partial charge is 0.165 e. The third-order valence-corrected chi connectivity index (χ3v) is 4.23. The number of alkyl halides is 1. The number of aliphatic hydroxyl groups excluding tert-OH is 1. The van der Waals surface area contributed by atoms with Crippen molar-refractivity contribution in [3.63, 3.8) is 0 Å². The molecule has 0 spiro atoms. The molecule has 4 heteroatoms. The SMILES string of the molecule is CC1(C)COC(C(C)(CO)CI)OC1. The Balaban J connectivity index is 2.56. The highest BCUT2D eigenvalue weighted by Gasteiger charge is 2.39. The summed E-state index contributed by atoms with van der Waals surface area (Å²) in [5, 5.41) is 9.30. The summed E-state index contributed by atoms with van der Waals surface area (Å²) in [5.41, 5.74) is -0.185. The van der Waals surface area contributed by atoms with Gasteiger partial charge in [-0.15, -0.1) is 0 Å². The van der Waals surface area contributed by atoms with Crippen LogP contribution in [0.25, 0.3) is 0 Å². The highest BCUT2D eigenvalue weighted by Crippen LogP contribution is 2.33. The molecule has 0 saturated carbocycles. The van der Waals surface area contributed by atoms with Gasteiger partial charge in [-0.2, -0.15) is 0 Å². The summed E-state index contributed by atoms with van der Waals surface area (Å²) in [5.74, 6) is 0. The molecule has 0 bridgehead atoms. The van der Waals surface area contributed by atoms with E-state index >= 15 is 0 Å². The molecule has 1 rings (SSSR count). The summed E-state index contributed by atoms with van der Waals surface area (Å²) in [4.78, 5) is 0. The number of ether oxygens (including phenoxy) is 2. The van der Waals surface area contributed by atoms with E-state index in [9.17, 15) is 5.11 Å². The maximum atomic E-state index is 9.30. The first kappa shape index (κ1) is 12.7. The van der Waals surface area contributed by atoms with E-state index in [0.717, 1.165) is 4.43 Å². The van der Waals surface area contributed by atoms with Crippen molar-refractivity contribution in [2.45, 2.75) is 27.1 Å². The maximum Gasteiger partial charge on any atom is 0.165 e. The summed E-state index contributed by atoms with van der Waals surface area (Å²) in [6.45, 7) is 7.71. The van der Waals surface area contributed by atoms with E-state index in [4.69, 9.17) is 9.47 Å². The van der Waals surface area contributed by atoms with Crippen LogP contribution in [0.1, 0.15) is 20.8 Å². The lowest BCUT2D eigenvalue weighted by Crippen LogP contribution is -2.48. The molecule has 1 unspecified atom stereocenters. The Morgan fingerprint density at radius 2 is 1.93 bits per heavy atom. The quantitative estimate of drug-likeness (QED) is 0.638. The fourth-order valence-corrected chi connectivity index (χ4v) is 1.88. The van der Waals surface area contributed by atoms with Crippen molar-refractivity contribution in [1.29, 1.82) is 0 Å². The monoisotopic (exact) mass is 314 g/mol. The van der Waals surface area contributed by atoms with Crippen LogP contribution in [-0.2, 0) is 9.47 Å². The second-order valence-corrected chi connectivity index (χ2v) is 5.83. The summed E-state index contributed by atoms with van der Waals surface area (Å²) < 4.78 is 12.1. The van der Waals surface area contributed by atoms with Crippen molar-refractivity contribution in [1.82, 2.24) is 0 Å². The van der Waals surface area contributed by atoms with Crippen LogP contribution in [0.2, 0.25) is 0 Å². The van der Waals surface area contributed by atoms with E-state index in [1.807, 2.05) is 6.92 Å². The minimum absolute atomic E-state index is 0.0954. The summed E-state index contributed by atoms with van der Waals surface area (Å²) >= 11 is 2.26. The Bertz CT molecular complexity index is 180. The lowest BCUT2D eigenvalue weighted by molar-refractivity contribution is -0.266. The number of halogens is 1. The molecule has 14 heavy (non-hydrogen) atoms. The average Bonchev–Trinajstić information content (AvgIpc) is 2.16. The van der Waals surface area contributed by atoms with Gasteiger partial charge in [-0.3, -0.25) is 0 Å². The molecule has 1 aliphatic rings. The van der Waals surface area contributed by atoms with Crippen LogP contribution in [0.15, 0.2) is 0 Å². The highest BCUT2D eigenvalue weighted by molar-refractivity contribution is 14.1. The van der Waals surface area contributed by atoms with Gasteiger partial charge in [0.1, 0.15) is 0 Å². The zero-order valence-corrected chi connectivity index (χ0v) is 11.2. The van der Waals surface area contributed by atoms with Crippen LogP contribution in [0, 0.1) is 10.8 Å². The first-order valence-corrected chi connectivity index (χ1v) is 6.36. The summed E-state index contributed by atoms with van der Waals surface area (Å²) in [6.07, 6.45) is -0.266. The van der Waals surface area contributed by atoms with Gasteiger partial charge in [0.15, 0.2) is 6.29 Å². The van der Waals surface area contributed by atoms with Crippen molar-refractivity contribution in [2.24, 2.45) is 10.8 Å². The van der Waals surface area contributed by atoms with Gasteiger partial charge in [0.2, 0.25) is 0 Å². The fraction of sp³-hybridized carbons (Fsp3) is 1.00. The second kappa shape index (κ2) is 4.63. The molecule has 3 nitrogen and oxygen atoms in total. The lowest BCUT2D eigenvalue weighted by Gasteiger charge is -2.41. The standard InChI is InChI=1S/C10H19IO3/c1-9(2)6-13-8(14-7-9)10(3,4-11)5-12/h8,12H,4-7H2,1-3H3. The predicted octanol–water partition coefficient (Wildman–Crippen LogP) is 1.82. The molecular formula is C10H19IO3. The normalized spacial score (nSPS) is 27.2. The molecule has 0 radical (unpaired) electrons. The van der Waals surface area contributed by atoms with Gasteiger partial charge in [-0.1, -0.05) is 43.4 Å². The first-order valence-electron chi connectivity index (χ1n) is 4.84. The number of aliphatic hydroxyl groups is 1. The largest absolute Gasteiger partial charge is 0.396 e. The van der Waals surface area contributed by atoms with Crippen LogP contribution in [-0.4, -0.2) is 35.6 Å². The molecule has 1 atom stereocenters. The van der Waals surface area contributed by atoms with Gasteiger partial charge in [0.05, 0.1) is 25.2 Å². The molecule has 1 fully saturated rings. The van der Waals surface area contributed by atoms with Crippen LogP contribution in [0.4, 0.5) is 0 Å². The molecule has 1 N–H and O–H groups in total. The molecule has 0 amide bonds. The Labute approximate surface area is 99.3 Å².